The van der Waals surface area contributed by atoms with E-state index in [0.29, 0.717) is 0 Å². The van der Waals surface area contributed by atoms with Gasteiger partial charge in [0.25, 0.3) is 0 Å². The monoisotopic (exact) mass is 180 g/mol. The van der Waals surface area contributed by atoms with Crippen molar-refractivity contribution in [2.75, 3.05) is 25.0 Å². The van der Waals surface area contributed by atoms with Crippen LogP contribution in [0.1, 0.15) is 13.3 Å². The van der Waals surface area contributed by atoms with Gasteiger partial charge in [0.1, 0.15) is 12.1 Å². The lowest BCUT2D eigenvalue weighted by atomic mass is 10.4. The average molecular weight is 180 g/mol. The van der Waals surface area contributed by atoms with Crippen molar-refractivity contribution in [3.63, 3.8) is 0 Å². The summed E-state index contributed by atoms with van der Waals surface area (Å²) in [4.78, 5) is 7.88. The smallest absolute Gasteiger partial charge is 0.129 e. The molecule has 2 N–H and O–H groups in total. The number of hydrogen-bond donors (Lipinski definition) is 2. The minimum absolute atomic E-state index is 0.883. The van der Waals surface area contributed by atoms with E-state index in [0.717, 1.165) is 25.5 Å². The summed E-state index contributed by atoms with van der Waals surface area (Å²) in [6.07, 6.45) is 4.45. The molecule has 0 amide bonds. The van der Waals surface area contributed by atoms with Gasteiger partial charge in [0.15, 0.2) is 0 Å². The highest BCUT2D eigenvalue weighted by atomic mass is 15.0. The zero-order valence-electron chi connectivity index (χ0n) is 7.95. The van der Waals surface area contributed by atoms with Gasteiger partial charge in [-0.15, -0.1) is 0 Å². The van der Waals surface area contributed by atoms with Crippen molar-refractivity contribution >= 4 is 5.82 Å². The zero-order valence-corrected chi connectivity index (χ0v) is 7.95. The van der Waals surface area contributed by atoms with Crippen LogP contribution >= 0.6 is 0 Å². The molecule has 0 aromatic carbocycles. The highest BCUT2D eigenvalue weighted by molar-refractivity contribution is 5.31. The van der Waals surface area contributed by atoms with Crippen molar-refractivity contribution in [2.45, 2.75) is 13.3 Å². The van der Waals surface area contributed by atoms with E-state index in [2.05, 4.69) is 27.5 Å². The second-order valence-electron chi connectivity index (χ2n) is 2.77. The third kappa shape index (κ3) is 4.42. The first-order valence-corrected chi connectivity index (χ1v) is 4.64. The summed E-state index contributed by atoms with van der Waals surface area (Å²) in [6.45, 7) is 5.10. The number of nitrogens with zero attached hydrogens (tertiary/aromatic N) is 2. The molecule has 4 nitrogen and oxygen atoms in total. The summed E-state index contributed by atoms with van der Waals surface area (Å²) in [6, 6.07) is 1.86. The Morgan fingerprint density at radius 3 is 2.92 bits per heavy atom. The lowest BCUT2D eigenvalue weighted by Gasteiger charge is -2.05. The van der Waals surface area contributed by atoms with E-state index in [1.165, 1.54) is 6.42 Å². The van der Waals surface area contributed by atoms with Gasteiger partial charge in [0.2, 0.25) is 0 Å². The van der Waals surface area contributed by atoms with E-state index in [1.54, 1.807) is 12.5 Å². The van der Waals surface area contributed by atoms with Crippen molar-refractivity contribution in [1.82, 2.24) is 15.3 Å². The first kappa shape index (κ1) is 9.92. The Balaban J connectivity index is 2.07. The maximum Gasteiger partial charge on any atom is 0.129 e. The van der Waals surface area contributed by atoms with E-state index in [1.807, 2.05) is 6.07 Å². The quantitative estimate of drug-likeness (QED) is 0.638. The number of hydrogen-bond acceptors (Lipinski definition) is 4. The predicted molar refractivity (Wildman–Crippen MR) is 53.7 cm³/mol. The Kier molecular flexibility index (Phi) is 4.86. The molecule has 0 saturated heterocycles. The molecule has 0 atom stereocenters. The van der Waals surface area contributed by atoms with Crippen molar-refractivity contribution < 1.29 is 0 Å². The average Bonchev–Trinajstić information content (AvgIpc) is 2.19. The van der Waals surface area contributed by atoms with E-state index >= 15 is 0 Å². The molecule has 72 valence electrons. The highest BCUT2D eigenvalue weighted by Gasteiger charge is 1.89. The van der Waals surface area contributed by atoms with Crippen LogP contribution in [-0.2, 0) is 0 Å². The number of rotatable bonds is 6. The molecule has 1 heterocycles. The van der Waals surface area contributed by atoms with Gasteiger partial charge in [-0.1, -0.05) is 6.92 Å². The van der Waals surface area contributed by atoms with Crippen molar-refractivity contribution in [3.8, 4) is 0 Å². The molecule has 0 aliphatic heterocycles. The van der Waals surface area contributed by atoms with Gasteiger partial charge in [-0.3, -0.25) is 0 Å². The number of nitrogens with one attached hydrogen (secondary N) is 2. The molecule has 0 aliphatic rings. The Hall–Kier alpha value is -1.16. The third-order valence-electron chi connectivity index (χ3n) is 1.62. The van der Waals surface area contributed by atoms with Crippen LogP contribution in [0.3, 0.4) is 0 Å². The van der Waals surface area contributed by atoms with Gasteiger partial charge >= 0.3 is 0 Å². The molecule has 0 bridgehead atoms. The van der Waals surface area contributed by atoms with Crippen LogP contribution in [-0.4, -0.2) is 29.6 Å². The van der Waals surface area contributed by atoms with E-state index in [-0.39, 0.29) is 0 Å². The fourth-order valence-corrected chi connectivity index (χ4v) is 0.976. The Bertz CT molecular complexity index is 212. The summed E-state index contributed by atoms with van der Waals surface area (Å²) >= 11 is 0. The van der Waals surface area contributed by atoms with Crippen molar-refractivity contribution in [2.24, 2.45) is 0 Å². The lowest BCUT2D eigenvalue weighted by molar-refractivity contribution is 0.687. The Morgan fingerprint density at radius 1 is 1.31 bits per heavy atom. The summed E-state index contributed by atoms with van der Waals surface area (Å²) < 4.78 is 0. The minimum Gasteiger partial charge on any atom is -0.369 e. The summed E-state index contributed by atoms with van der Waals surface area (Å²) in [5.74, 6) is 0.883. The molecule has 0 spiro atoms. The maximum absolute atomic E-state index is 4.05. The SMILES string of the molecule is CCCNCCNc1ccncn1. The second-order valence-corrected chi connectivity index (χ2v) is 2.77. The second kappa shape index (κ2) is 6.37. The molecular formula is C9H16N4. The fourth-order valence-electron chi connectivity index (χ4n) is 0.976. The first-order valence-electron chi connectivity index (χ1n) is 4.64. The Morgan fingerprint density at radius 2 is 2.23 bits per heavy atom. The van der Waals surface area contributed by atoms with Crippen LogP contribution in [0.15, 0.2) is 18.6 Å². The molecule has 0 unspecified atom stereocenters. The molecule has 0 aliphatic carbocycles. The van der Waals surface area contributed by atoms with Gasteiger partial charge in [-0.25, -0.2) is 9.97 Å². The maximum atomic E-state index is 4.05. The van der Waals surface area contributed by atoms with Gasteiger partial charge < -0.3 is 10.6 Å². The summed E-state index contributed by atoms with van der Waals surface area (Å²) in [7, 11) is 0. The van der Waals surface area contributed by atoms with Crippen LogP contribution in [0.5, 0.6) is 0 Å². The van der Waals surface area contributed by atoms with Crippen LogP contribution in [0.25, 0.3) is 0 Å². The first-order chi connectivity index (χ1) is 6.43. The Labute approximate surface area is 78.8 Å². The standard InChI is InChI=1S/C9H16N4/c1-2-4-10-6-7-12-9-3-5-11-8-13-9/h3,5,8,10H,2,4,6-7H2,1H3,(H,11,12,13). The van der Waals surface area contributed by atoms with Crippen LogP contribution < -0.4 is 10.6 Å². The van der Waals surface area contributed by atoms with Crippen molar-refractivity contribution in [3.05, 3.63) is 18.6 Å². The largest absolute Gasteiger partial charge is 0.369 e. The number of aromatic nitrogens is 2. The predicted octanol–water partition coefficient (Wildman–Crippen LogP) is 0.888. The van der Waals surface area contributed by atoms with E-state index < -0.39 is 0 Å². The molecule has 13 heavy (non-hydrogen) atoms. The van der Waals surface area contributed by atoms with Crippen LogP contribution in [0, 0.1) is 0 Å². The fraction of sp³-hybridized carbons (Fsp3) is 0.556. The van der Waals surface area contributed by atoms with Gasteiger partial charge in [0, 0.05) is 19.3 Å². The van der Waals surface area contributed by atoms with Gasteiger partial charge in [-0.2, -0.15) is 0 Å². The minimum atomic E-state index is 0.883. The van der Waals surface area contributed by atoms with Crippen LogP contribution in [0.2, 0.25) is 0 Å². The van der Waals surface area contributed by atoms with E-state index in [4.69, 9.17) is 0 Å². The van der Waals surface area contributed by atoms with Crippen LogP contribution in [0.4, 0.5) is 5.82 Å². The normalized spacial score (nSPS) is 9.92. The molecule has 0 radical (unpaired) electrons. The molecular weight excluding hydrogens is 164 g/mol. The lowest BCUT2D eigenvalue weighted by Crippen LogP contribution is -2.22. The van der Waals surface area contributed by atoms with E-state index in [9.17, 15) is 0 Å². The van der Waals surface area contributed by atoms with Gasteiger partial charge in [-0.05, 0) is 19.0 Å². The molecule has 4 heteroatoms. The molecule has 0 fully saturated rings. The molecule has 1 aromatic heterocycles. The van der Waals surface area contributed by atoms with Crippen molar-refractivity contribution in [1.29, 1.82) is 0 Å². The zero-order chi connectivity index (χ0) is 9.36. The highest BCUT2D eigenvalue weighted by Crippen LogP contribution is 1.95. The molecule has 1 rings (SSSR count). The third-order valence-corrected chi connectivity index (χ3v) is 1.62. The number of anilines is 1. The topological polar surface area (TPSA) is 49.8 Å². The molecule has 1 aromatic rings. The summed E-state index contributed by atoms with van der Waals surface area (Å²) in [5.41, 5.74) is 0. The summed E-state index contributed by atoms with van der Waals surface area (Å²) in [5, 5.41) is 6.49. The van der Waals surface area contributed by atoms with Gasteiger partial charge in [0.05, 0.1) is 0 Å². The molecule has 0 saturated carbocycles.